The molecule has 5 atom stereocenters. The van der Waals surface area contributed by atoms with Crippen LogP contribution < -0.4 is 14.2 Å². The van der Waals surface area contributed by atoms with E-state index in [2.05, 4.69) is 0 Å². The predicted molar refractivity (Wildman–Crippen MR) is 154 cm³/mol. The first-order chi connectivity index (χ1) is 21.5. The molecule has 0 amide bonds. The van der Waals surface area contributed by atoms with Gasteiger partial charge in [0.15, 0.2) is 23.7 Å². The summed E-state index contributed by atoms with van der Waals surface area (Å²) in [6.45, 7) is 8.99. The van der Waals surface area contributed by atoms with Gasteiger partial charge in [0.1, 0.15) is 24.2 Å². The van der Waals surface area contributed by atoms with Crippen LogP contribution in [0.1, 0.15) is 64.4 Å². The zero-order chi connectivity index (χ0) is 34.5. The first-order valence-electron chi connectivity index (χ1n) is 13.9. The number of hydrogen-bond acceptors (Lipinski definition) is 15. The summed E-state index contributed by atoms with van der Waals surface area (Å²) in [6.07, 6.45) is -7.63. The molecule has 15 nitrogen and oxygen atoms in total. The van der Waals surface area contributed by atoms with Crippen LogP contribution in [0.4, 0.5) is 0 Å². The van der Waals surface area contributed by atoms with Crippen molar-refractivity contribution in [2.45, 2.75) is 86.1 Å². The minimum atomic E-state index is -1.69. The Labute approximate surface area is 263 Å². The van der Waals surface area contributed by atoms with E-state index in [0.29, 0.717) is 10.9 Å². The van der Waals surface area contributed by atoms with Gasteiger partial charge in [0.2, 0.25) is 12.4 Å². The molecule has 0 N–H and O–H groups in total. The molecule has 0 aromatic heterocycles. The first-order valence-corrected chi connectivity index (χ1v) is 13.9. The number of fused-ring (bicyclic) bond motifs is 1. The predicted octanol–water partition coefficient (Wildman–Crippen LogP) is 2.66. The summed E-state index contributed by atoms with van der Waals surface area (Å²) in [5, 5.41) is 0.368. The zero-order valence-electron chi connectivity index (χ0n) is 26.4. The number of esters is 6. The molecular formula is C31H34O15. The summed E-state index contributed by atoms with van der Waals surface area (Å²) < 4.78 is 44.5. The highest BCUT2D eigenvalue weighted by Gasteiger charge is 2.53. The second kappa shape index (κ2) is 14.8. The standard InChI is InChI=1S/C31H34O15/c1-13-9-21-10-22(40-16(4)34)11-23(26(21)28(42-18(6)36)25(13)14(2)32)45-31-30(44-20(8)38)29(43-19(7)37)27(41-17(5)35)24(46-31)12-39-15(3)33/h9-11,24,27,29-31H,12H2,1-8H3/t24-,27-,29+,30-,31-/m1/s1. The summed E-state index contributed by atoms with van der Waals surface area (Å²) in [4.78, 5) is 85.1. The number of ether oxygens (including phenoxy) is 8. The molecule has 0 bridgehead atoms. The van der Waals surface area contributed by atoms with Gasteiger partial charge in [-0.15, -0.1) is 0 Å². The fourth-order valence-corrected chi connectivity index (χ4v) is 4.99. The van der Waals surface area contributed by atoms with Crippen LogP contribution in [0.15, 0.2) is 18.2 Å². The molecule has 1 saturated heterocycles. The van der Waals surface area contributed by atoms with Gasteiger partial charge < -0.3 is 37.9 Å². The Hall–Kier alpha value is -5.05. The van der Waals surface area contributed by atoms with Gasteiger partial charge in [-0.25, -0.2) is 0 Å². The molecule has 1 fully saturated rings. The van der Waals surface area contributed by atoms with Crippen molar-refractivity contribution in [1.82, 2.24) is 0 Å². The molecule has 0 spiro atoms. The third-order valence-electron chi connectivity index (χ3n) is 6.38. The molecule has 46 heavy (non-hydrogen) atoms. The molecule has 2 aromatic carbocycles. The minimum absolute atomic E-state index is 0.0237. The third kappa shape index (κ3) is 8.78. The van der Waals surface area contributed by atoms with Crippen molar-refractivity contribution < 1.29 is 71.5 Å². The van der Waals surface area contributed by atoms with E-state index >= 15 is 0 Å². The minimum Gasteiger partial charge on any atom is -0.463 e. The van der Waals surface area contributed by atoms with E-state index < -0.39 is 78.9 Å². The molecule has 3 rings (SSSR count). The van der Waals surface area contributed by atoms with Crippen molar-refractivity contribution in [3.8, 4) is 17.2 Å². The lowest BCUT2D eigenvalue weighted by atomic mass is 9.96. The van der Waals surface area contributed by atoms with E-state index in [1.807, 2.05) is 0 Å². The topological polar surface area (TPSA) is 193 Å². The van der Waals surface area contributed by atoms with Gasteiger partial charge in [0.25, 0.3) is 0 Å². The van der Waals surface area contributed by atoms with Crippen molar-refractivity contribution in [1.29, 1.82) is 0 Å². The molecule has 2 aromatic rings. The summed E-state index contributed by atoms with van der Waals surface area (Å²) in [5.41, 5.74) is 0.476. The van der Waals surface area contributed by atoms with E-state index in [4.69, 9.17) is 37.9 Å². The Bertz CT molecular complexity index is 1580. The second-order valence-corrected chi connectivity index (χ2v) is 10.3. The Morgan fingerprint density at radius 2 is 1.24 bits per heavy atom. The van der Waals surface area contributed by atoms with Crippen LogP contribution >= 0.6 is 0 Å². The van der Waals surface area contributed by atoms with E-state index in [-0.39, 0.29) is 28.2 Å². The fraction of sp³-hybridized carbons (Fsp3) is 0.452. The fourth-order valence-electron chi connectivity index (χ4n) is 4.99. The normalized spacial score (nSPS) is 20.6. The number of Topliss-reactive ketones (excluding diaryl/α,β-unsaturated/α-hetero) is 1. The van der Waals surface area contributed by atoms with Crippen LogP contribution in [0.3, 0.4) is 0 Å². The van der Waals surface area contributed by atoms with E-state index in [1.54, 1.807) is 13.0 Å². The third-order valence-corrected chi connectivity index (χ3v) is 6.38. The molecule has 0 saturated carbocycles. The molecule has 248 valence electrons. The van der Waals surface area contributed by atoms with Gasteiger partial charge in [0, 0.05) is 47.6 Å². The van der Waals surface area contributed by atoms with Gasteiger partial charge in [-0.1, -0.05) is 6.07 Å². The number of hydrogen-bond donors (Lipinski definition) is 0. The molecule has 1 aliphatic heterocycles. The van der Waals surface area contributed by atoms with Gasteiger partial charge in [-0.2, -0.15) is 0 Å². The van der Waals surface area contributed by atoms with Crippen LogP contribution in [-0.4, -0.2) is 78.9 Å². The summed E-state index contributed by atoms with van der Waals surface area (Å²) in [7, 11) is 0. The van der Waals surface area contributed by atoms with E-state index in [1.165, 1.54) is 26.0 Å². The lowest BCUT2D eigenvalue weighted by Crippen LogP contribution is -2.63. The maximum Gasteiger partial charge on any atom is 0.308 e. The number of ketones is 1. The highest BCUT2D eigenvalue weighted by molar-refractivity contribution is 6.08. The van der Waals surface area contributed by atoms with Crippen molar-refractivity contribution in [3.63, 3.8) is 0 Å². The van der Waals surface area contributed by atoms with Crippen LogP contribution in [0.5, 0.6) is 17.2 Å². The molecule has 1 aliphatic rings. The number of aryl methyl sites for hydroxylation is 1. The Morgan fingerprint density at radius 3 is 1.76 bits per heavy atom. The van der Waals surface area contributed by atoms with Crippen molar-refractivity contribution >= 4 is 52.4 Å². The van der Waals surface area contributed by atoms with Crippen LogP contribution in [0.25, 0.3) is 10.8 Å². The van der Waals surface area contributed by atoms with Crippen molar-refractivity contribution in [3.05, 3.63) is 29.3 Å². The maximum absolute atomic E-state index is 12.7. The van der Waals surface area contributed by atoms with Crippen molar-refractivity contribution in [2.24, 2.45) is 0 Å². The lowest BCUT2D eigenvalue weighted by molar-refractivity contribution is -0.288. The number of benzene rings is 2. The van der Waals surface area contributed by atoms with Gasteiger partial charge in [-0.05, 0) is 30.9 Å². The molecule has 1 heterocycles. The second-order valence-electron chi connectivity index (χ2n) is 10.3. The first kappa shape index (κ1) is 35.4. The van der Waals surface area contributed by atoms with Crippen LogP contribution in [0.2, 0.25) is 0 Å². The maximum atomic E-state index is 12.7. The molecule has 0 unspecified atom stereocenters. The number of rotatable bonds is 10. The monoisotopic (exact) mass is 646 g/mol. The summed E-state index contributed by atoms with van der Waals surface area (Å²) in [5.74, 6) is -5.54. The number of carbonyl (C=O) groups is 7. The Balaban J connectivity index is 2.33. The Morgan fingerprint density at radius 1 is 0.674 bits per heavy atom. The highest BCUT2D eigenvalue weighted by atomic mass is 16.7. The molecule has 15 heteroatoms. The smallest absolute Gasteiger partial charge is 0.308 e. The van der Waals surface area contributed by atoms with Gasteiger partial charge in [-0.3, -0.25) is 33.6 Å². The lowest BCUT2D eigenvalue weighted by Gasteiger charge is -2.44. The quantitative estimate of drug-likeness (QED) is 0.158. The van der Waals surface area contributed by atoms with Crippen molar-refractivity contribution in [2.75, 3.05) is 6.61 Å². The van der Waals surface area contributed by atoms with Crippen LogP contribution in [0, 0.1) is 6.92 Å². The highest BCUT2D eigenvalue weighted by Crippen LogP contribution is 2.43. The van der Waals surface area contributed by atoms with E-state index in [9.17, 15) is 33.6 Å². The molecule has 0 radical (unpaired) electrons. The number of carbonyl (C=O) groups excluding carboxylic acids is 7. The van der Waals surface area contributed by atoms with Gasteiger partial charge >= 0.3 is 35.8 Å². The summed E-state index contributed by atoms with van der Waals surface area (Å²) in [6, 6.07) is 4.26. The average Bonchev–Trinajstić information content (AvgIpc) is 2.88. The molecular weight excluding hydrogens is 612 g/mol. The SMILES string of the molecule is CC(=O)OC[C@H]1O[C@@H](Oc2cc(OC(C)=O)cc3cc(C)c(C(C)=O)c(OC(C)=O)c23)[C@H](OC(C)=O)[C@@H](OC(C)=O)[C@@H]1OC(C)=O. The van der Waals surface area contributed by atoms with Gasteiger partial charge in [0.05, 0.1) is 10.9 Å². The Kier molecular flexibility index (Phi) is 11.4. The zero-order valence-corrected chi connectivity index (χ0v) is 26.4. The van der Waals surface area contributed by atoms with E-state index in [0.717, 1.165) is 34.6 Å². The largest absolute Gasteiger partial charge is 0.463 e. The summed E-state index contributed by atoms with van der Waals surface area (Å²) >= 11 is 0. The molecule has 0 aliphatic carbocycles. The van der Waals surface area contributed by atoms with Crippen LogP contribution in [-0.2, 0) is 52.5 Å². The average molecular weight is 647 g/mol.